The molecule has 0 spiro atoms. The average molecular weight is 379 g/mol. The summed E-state index contributed by atoms with van der Waals surface area (Å²) in [5.74, 6) is -1.37. The zero-order valence-electron chi connectivity index (χ0n) is 14.3. The second-order valence-electron chi connectivity index (χ2n) is 5.91. The molecular formula is C20H13NO7. The van der Waals surface area contributed by atoms with E-state index in [-0.39, 0.29) is 29.0 Å². The van der Waals surface area contributed by atoms with E-state index in [1.165, 1.54) is 18.4 Å². The van der Waals surface area contributed by atoms with Gasteiger partial charge in [0.15, 0.2) is 5.58 Å². The Kier molecular flexibility index (Phi) is 4.29. The van der Waals surface area contributed by atoms with Crippen molar-refractivity contribution in [2.45, 2.75) is 6.61 Å². The van der Waals surface area contributed by atoms with Gasteiger partial charge >= 0.3 is 17.7 Å². The van der Waals surface area contributed by atoms with Gasteiger partial charge in [0.25, 0.3) is 0 Å². The fraction of sp³-hybridized carbons (Fsp3) is 0.0500. The Morgan fingerprint density at radius 1 is 1.00 bits per heavy atom. The summed E-state index contributed by atoms with van der Waals surface area (Å²) < 4.78 is 15.3. The normalized spacial score (nSPS) is 10.9. The summed E-state index contributed by atoms with van der Waals surface area (Å²) in [6.45, 7) is 0.0212. The Morgan fingerprint density at radius 2 is 1.75 bits per heavy atom. The molecule has 28 heavy (non-hydrogen) atoms. The molecule has 4 rings (SSSR count). The highest BCUT2D eigenvalue weighted by Gasteiger charge is 2.22. The summed E-state index contributed by atoms with van der Waals surface area (Å²) in [7, 11) is 0. The Bertz CT molecular complexity index is 1250. The molecule has 8 heteroatoms. The lowest BCUT2D eigenvalue weighted by Crippen LogP contribution is -2.16. The molecule has 0 aliphatic heterocycles. The lowest BCUT2D eigenvalue weighted by molar-refractivity contribution is 0.0699. The third-order valence-electron chi connectivity index (χ3n) is 4.16. The van der Waals surface area contributed by atoms with Gasteiger partial charge in [0, 0.05) is 10.8 Å². The number of fused-ring (bicyclic) bond motifs is 3. The van der Waals surface area contributed by atoms with Crippen LogP contribution in [-0.2, 0) is 11.3 Å². The number of rotatable bonds is 4. The highest BCUT2D eigenvalue weighted by atomic mass is 16.5. The molecule has 0 aliphatic carbocycles. The molecule has 2 N–H and O–H groups in total. The first-order chi connectivity index (χ1) is 13.5. The zero-order chi connectivity index (χ0) is 19.7. The topological polar surface area (TPSA) is 119 Å². The number of furan rings is 1. The van der Waals surface area contributed by atoms with Crippen molar-refractivity contribution in [3.8, 4) is 0 Å². The summed E-state index contributed by atoms with van der Waals surface area (Å²) in [5.41, 5.74) is -0.598. The number of carbonyl (C=O) groups excluding carboxylic acids is 1. The third kappa shape index (κ3) is 3.07. The van der Waals surface area contributed by atoms with Gasteiger partial charge in [-0.2, -0.15) is 0 Å². The summed E-state index contributed by atoms with van der Waals surface area (Å²) in [5, 5.41) is 12.8. The molecule has 8 nitrogen and oxygen atoms in total. The van der Waals surface area contributed by atoms with Gasteiger partial charge in [-0.3, -0.25) is 5.32 Å². The van der Waals surface area contributed by atoms with E-state index in [1.54, 1.807) is 30.3 Å². The Hall–Kier alpha value is -4.07. The minimum absolute atomic E-state index is 0.00758. The molecule has 2 heterocycles. The van der Waals surface area contributed by atoms with Crippen molar-refractivity contribution in [3.63, 3.8) is 0 Å². The number of anilines is 1. The van der Waals surface area contributed by atoms with Gasteiger partial charge in [-0.15, -0.1) is 0 Å². The van der Waals surface area contributed by atoms with Crippen molar-refractivity contribution < 1.29 is 28.3 Å². The summed E-state index contributed by atoms with van der Waals surface area (Å²) in [4.78, 5) is 36.0. The number of hydrogen-bond donors (Lipinski definition) is 2. The van der Waals surface area contributed by atoms with Gasteiger partial charge in [0.05, 0.1) is 12.0 Å². The molecule has 1 amide bonds. The van der Waals surface area contributed by atoms with Crippen molar-refractivity contribution in [3.05, 3.63) is 76.3 Å². The molecule has 2 aromatic carbocycles. The number of ether oxygens (including phenoxy) is 1. The van der Waals surface area contributed by atoms with Crippen molar-refractivity contribution in [2.24, 2.45) is 0 Å². The van der Waals surface area contributed by atoms with Crippen LogP contribution in [0.5, 0.6) is 0 Å². The van der Waals surface area contributed by atoms with E-state index < -0.39 is 17.7 Å². The van der Waals surface area contributed by atoms with Gasteiger partial charge < -0.3 is 18.7 Å². The first kappa shape index (κ1) is 17.3. The molecule has 0 unspecified atom stereocenters. The van der Waals surface area contributed by atoms with Crippen LogP contribution in [0.1, 0.15) is 15.9 Å². The SMILES string of the molecule is O=C(Nc1ccc2c(oc(=O)c3occc32)c1C(=O)O)OCc1ccccc1. The second kappa shape index (κ2) is 6.92. The maximum atomic E-state index is 12.1. The number of hydrogen-bond acceptors (Lipinski definition) is 6. The van der Waals surface area contributed by atoms with Gasteiger partial charge in [0.1, 0.15) is 12.2 Å². The number of amides is 1. The van der Waals surface area contributed by atoms with Crippen molar-refractivity contribution in [2.75, 3.05) is 5.32 Å². The van der Waals surface area contributed by atoms with E-state index in [4.69, 9.17) is 13.6 Å². The van der Waals surface area contributed by atoms with Crippen molar-refractivity contribution >= 4 is 39.7 Å². The van der Waals surface area contributed by atoms with Crippen molar-refractivity contribution in [1.82, 2.24) is 0 Å². The second-order valence-corrected chi connectivity index (χ2v) is 5.91. The fourth-order valence-electron chi connectivity index (χ4n) is 2.90. The highest BCUT2D eigenvalue weighted by Crippen LogP contribution is 2.30. The average Bonchev–Trinajstić information content (AvgIpc) is 3.17. The number of carboxylic acids is 1. The number of nitrogens with one attached hydrogen (secondary N) is 1. The van der Waals surface area contributed by atoms with Crippen LogP contribution >= 0.6 is 0 Å². The van der Waals surface area contributed by atoms with Crippen LogP contribution in [0.25, 0.3) is 21.9 Å². The minimum atomic E-state index is -1.37. The highest BCUT2D eigenvalue weighted by molar-refractivity contribution is 6.14. The van der Waals surface area contributed by atoms with Crippen LogP contribution < -0.4 is 10.9 Å². The fourth-order valence-corrected chi connectivity index (χ4v) is 2.90. The first-order valence-electron chi connectivity index (χ1n) is 8.22. The lowest BCUT2D eigenvalue weighted by atomic mass is 10.1. The number of carbonyl (C=O) groups is 2. The molecule has 0 bridgehead atoms. The molecular weight excluding hydrogens is 366 g/mol. The van der Waals surface area contributed by atoms with E-state index >= 15 is 0 Å². The largest absolute Gasteiger partial charge is 0.477 e. The summed E-state index contributed by atoms with van der Waals surface area (Å²) >= 11 is 0. The standard InChI is InChI=1S/C20H13NO7/c22-18(23)15-14(21-20(25)27-10-11-4-2-1-3-5-11)7-6-12-13-8-9-26-17(13)19(24)28-16(12)15/h1-9H,10H2,(H,21,25)(H,22,23). The molecule has 2 aromatic heterocycles. The number of aromatic carboxylic acids is 1. The first-order valence-corrected chi connectivity index (χ1v) is 8.22. The number of benzene rings is 2. The van der Waals surface area contributed by atoms with E-state index in [9.17, 15) is 19.5 Å². The van der Waals surface area contributed by atoms with Crippen LogP contribution in [0.2, 0.25) is 0 Å². The van der Waals surface area contributed by atoms with E-state index in [0.29, 0.717) is 10.8 Å². The lowest BCUT2D eigenvalue weighted by Gasteiger charge is -2.11. The molecule has 0 aliphatic rings. The quantitative estimate of drug-likeness (QED) is 0.515. The Labute approximate surface area is 156 Å². The van der Waals surface area contributed by atoms with Crippen molar-refractivity contribution in [1.29, 1.82) is 0 Å². The van der Waals surface area contributed by atoms with E-state index in [1.807, 2.05) is 6.07 Å². The molecule has 0 saturated heterocycles. The summed E-state index contributed by atoms with van der Waals surface area (Å²) in [6.07, 6.45) is 0.478. The Balaban J connectivity index is 1.69. The van der Waals surface area contributed by atoms with Gasteiger partial charge in [-0.1, -0.05) is 30.3 Å². The smallest absolute Gasteiger partial charge is 0.411 e. The molecule has 4 aromatic rings. The van der Waals surface area contributed by atoms with Gasteiger partial charge in [-0.25, -0.2) is 14.4 Å². The molecule has 0 atom stereocenters. The Morgan fingerprint density at radius 3 is 2.50 bits per heavy atom. The molecule has 0 fully saturated rings. The zero-order valence-corrected chi connectivity index (χ0v) is 14.3. The molecule has 0 saturated carbocycles. The van der Waals surface area contributed by atoms with E-state index in [2.05, 4.69) is 5.32 Å². The molecule has 0 radical (unpaired) electrons. The molecule has 140 valence electrons. The summed E-state index contributed by atoms with van der Waals surface area (Å²) in [6, 6.07) is 13.5. The van der Waals surface area contributed by atoms with Crippen LogP contribution in [0, 0.1) is 0 Å². The van der Waals surface area contributed by atoms with Gasteiger partial charge in [0.2, 0.25) is 5.58 Å². The monoisotopic (exact) mass is 379 g/mol. The van der Waals surface area contributed by atoms with Crippen LogP contribution in [0.4, 0.5) is 10.5 Å². The van der Waals surface area contributed by atoms with Crippen LogP contribution in [0.15, 0.2) is 68.4 Å². The van der Waals surface area contributed by atoms with Crippen LogP contribution in [-0.4, -0.2) is 17.2 Å². The van der Waals surface area contributed by atoms with Crippen LogP contribution in [0.3, 0.4) is 0 Å². The maximum Gasteiger partial charge on any atom is 0.411 e. The van der Waals surface area contributed by atoms with E-state index in [0.717, 1.165) is 5.56 Å². The predicted octanol–water partition coefficient (Wildman–Crippen LogP) is 3.99. The predicted molar refractivity (Wildman–Crippen MR) is 99.5 cm³/mol. The number of carboxylic acid groups (broad SMARTS) is 1. The third-order valence-corrected chi connectivity index (χ3v) is 4.16. The van der Waals surface area contributed by atoms with Gasteiger partial charge in [-0.05, 0) is 23.8 Å². The maximum absolute atomic E-state index is 12.1. The minimum Gasteiger partial charge on any atom is -0.477 e.